The van der Waals surface area contributed by atoms with Gasteiger partial charge in [0.25, 0.3) is 0 Å². The number of aromatic nitrogens is 1. The molecule has 3 unspecified atom stereocenters. The molecule has 0 saturated carbocycles. The number of nitrogens with zero attached hydrogens (tertiary/aromatic N) is 1. The van der Waals surface area contributed by atoms with Crippen molar-refractivity contribution < 1.29 is 25.2 Å². The van der Waals surface area contributed by atoms with E-state index in [9.17, 15) is 4.79 Å². The molecule has 1 aliphatic rings. The van der Waals surface area contributed by atoms with Crippen LogP contribution in [-0.4, -0.2) is 49.7 Å². The van der Waals surface area contributed by atoms with Crippen LogP contribution in [0.15, 0.2) is 42.2 Å². The fraction of sp³-hybridized carbons (Fsp3) is 0.333. The van der Waals surface area contributed by atoms with Crippen molar-refractivity contribution in [3.05, 3.63) is 42.2 Å². The number of aliphatic hydroxyl groups excluding tert-OH is 3. The van der Waals surface area contributed by atoms with Gasteiger partial charge in [-0.2, -0.15) is 0 Å². The molecule has 98 valence electrons. The Balaban J connectivity index is 0.000000225. The van der Waals surface area contributed by atoms with Crippen LogP contribution in [0.1, 0.15) is 6.42 Å². The van der Waals surface area contributed by atoms with E-state index in [0.717, 1.165) is 6.08 Å². The molecule has 0 saturated heterocycles. The molecule has 0 radical (unpaired) electrons. The van der Waals surface area contributed by atoms with E-state index in [1.807, 2.05) is 18.2 Å². The summed E-state index contributed by atoms with van der Waals surface area (Å²) in [4.78, 5) is 14.2. The van der Waals surface area contributed by atoms with Crippen molar-refractivity contribution in [2.24, 2.45) is 0 Å². The summed E-state index contributed by atoms with van der Waals surface area (Å²) in [5.74, 6) is -1.18. The van der Waals surface area contributed by atoms with Crippen molar-refractivity contribution in [2.45, 2.75) is 24.7 Å². The van der Waals surface area contributed by atoms with Gasteiger partial charge < -0.3 is 20.4 Å². The highest BCUT2D eigenvalue weighted by Gasteiger charge is 2.31. The highest BCUT2D eigenvalue weighted by Crippen LogP contribution is 2.19. The predicted molar refractivity (Wildman–Crippen MR) is 62.6 cm³/mol. The second-order valence-electron chi connectivity index (χ2n) is 3.77. The van der Waals surface area contributed by atoms with E-state index in [4.69, 9.17) is 20.4 Å². The van der Waals surface area contributed by atoms with Crippen LogP contribution in [0.2, 0.25) is 0 Å². The summed E-state index contributed by atoms with van der Waals surface area (Å²) in [7, 11) is 0. The molecular weight excluding hydrogens is 238 g/mol. The molecule has 1 heterocycles. The Morgan fingerprint density at radius 2 is 1.78 bits per heavy atom. The lowest BCUT2D eigenvalue weighted by atomic mass is 9.92. The van der Waals surface area contributed by atoms with Gasteiger partial charge in [0, 0.05) is 24.4 Å². The second-order valence-corrected chi connectivity index (χ2v) is 3.77. The second kappa shape index (κ2) is 6.85. The fourth-order valence-corrected chi connectivity index (χ4v) is 1.42. The van der Waals surface area contributed by atoms with Crippen LogP contribution in [0, 0.1) is 0 Å². The smallest absolute Gasteiger partial charge is 0.331 e. The SMILES string of the molecule is O=C(O)C1=CC(O)C(O)C(O)C1.c1ccncc1. The molecule has 2 rings (SSSR count). The maximum Gasteiger partial charge on any atom is 0.331 e. The number of pyridine rings is 1. The summed E-state index contributed by atoms with van der Waals surface area (Å²) < 4.78 is 0. The Morgan fingerprint density at radius 1 is 1.17 bits per heavy atom. The van der Waals surface area contributed by atoms with E-state index in [2.05, 4.69) is 4.98 Å². The van der Waals surface area contributed by atoms with Gasteiger partial charge in [0.05, 0.1) is 6.10 Å². The van der Waals surface area contributed by atoms with Crippen molar-refractivity contribution in [2.75, 3.05) is 0 Å². The number of hydrogen-bond acceptors (Lipinski definition) is 5. The van der Waals surface area contributed by atoms with Crippen LogP contribution in [0.3, 0.4) is 0 Å². The molecular formula is C12H15NO5. The van der Waals surface area contributed by atoms with E-state index >= 15 is 0 Å². The first-order valence-corrected chi connectivity index (χ1v) is 5.35. The molecule has 6 nitrogen and oxygen atoms in total. The number of aliphatic hydroxyl groups is 3. The summed E-state index contributed by atoms with van der Waals surface area (Å²) in [5.41, 5.74) is -0.0692. The molecule has 18 heavy (non-hydrogen) atoms. The van der Waals surface area contributed by atoms with Gasteiger partial charge >= 0.3 is 5.97 Å². The van der Waals surface area contributed by atoms with Crippen molar-refractivity contribution >= 4 is 5.97 Å². The standard InChI is InChI=1S/C7H10O5.C5H5N/c8-4-1-3(7(11)12)2-5(9)6(4)10;1-2-4-6-5-3-1/h1,4-6,8-10H,2H2,(H,11,12);1-5H. The zero-order valence-electron chi connectivity index (χ0n) is 9.55. The summed E-state index contributed by atoms with van der Waals surface area (Å²) >= 11 is 0. The van der Waals surface area contributed by atoms with E-state index in [0.29, 0.717) is 0 Å². The van der Waals surface area contributed by atoms with Crippen LogP contribution < -0.4 is 0 Å². The minimum Gasteiger partial charge on any atom is -0.478 e. The van der Waals surface area contributed by atoms with Crippen molar-refractivity contribution in [3.63, 3.8) is 0 Å². The van der Waals surface area contributed by atoms with Gasteiger partial charge in [0.1, 0.15) is 12.2 Å². The lowest BCUT2D eigenvalue weighted by molar-refractivity contribution is -0.134. The fourth-order valence-electron chi connectivity index (χ4n) is 1.42. The average Bonchev–Trinajstić information content (AvgIpc) is 2.38. The van der Waals surface area contributed by atoms with Crippen LogP contribution in [0.4, 0.5) is 0 Å². The Morgan fingerprint density at radius 3 is 2.11 bits per heavy atom. The van der Waals surface area contributed by atoms with E-state index in [1.54, 1.807) is 12.4 Å². The largest absolute Gasteiger partial charge is 0.478 e. The van der Waals surface area contributed by atoms with Gasteiger partial charge in [-0.15, -0.1) is 0 Å². The van der Waals surface area contributed by atoms with Crippen LogP contribution >= 0.6 is 0 Å². The van der Waals surface area contributed by atoms with Gasteiger partial charge in [-0.3, -0.25) is 4.98 Å². The minimum absolute atomic E-state index is 0.0692. The van der Waals surface area contributed by atoms with Crippen LogP contribution in [0.25, 0.3) is 0 Å². The van der Waals surface area contributed by atoms with Crippen LogP contribution in [0.5, 0.6) is 0 Å². The molecule has 0 aromatic carbocycles. The first-order chi connectivity index (χ1) is 8.52. The predicted octanol–water partition coefficient (Wildman–Crippen LogP) is -0.435. The topological polar surface area (TPSA) is 111 Å². The number of carboxylic acids is 1. The molecule has 0 amide bonds. The number of aliphatic carboxylic acids is 1. The Kier molecular flexibility index (Phi) is 5.44. The third kappa shape index (κ3) is 4.25. The van der Waals surface area contributed by atoms with E-state index in [-0.39, 0.29) is 12.0 Å². The summed E-state index contributed by atoms with van der Waals surface area (Å²) in [5, 5.41) is 35.6. The summed E-state index contributed by atoms with van der Waals surface area (Å²) in [6.07, 6.45) is 0.636. The first kappa shape index (κ1) is 14.3. The van der Waals surface area contributed by atoms with Gasteiger partial charge in [-0.25, -0.2) is 4.79 Å². The average molecular weight is 253 g/mol. The van der Waals surface area contributed by atoms with Gasteiger partial charge in [0.15, 0.2) is 0 Å². The number of carbonyl (C=O) groups is 1. The zero-order chi connectivity index (χ0) is 13.5. The summed E-state index contributed by atoms with van der Waals surface area (Å²) in [6, 6.07) is 5.72. The molecule has 6 heteroatoms. The molecule has 3 atom stereocenters. The lowest BCUT2D eigenvalue weighted by Gasteiger charge is -2.25. The highest BCUT2D eigenvalue weighted by molar-refractivity contribution is 5.87. The van der Waals surface area contributed by atoms with Gasteiger partial charge in [-0.1, -0.05) is 6.07 Å². The van der Waals surface area contributed by atoms with Crippen molar-refractivity contribution in [1.82, 2.24) is 4.98 Å². The maximum atomic E-state index is 10.4. The van der Waals surface area contributed by atoms with Crippen molar-refractivity contribution in [1.29, 1.82) is 0 Å². The molecule has 0 aliphatic heterocycles. The third-order valence-electron chi connectivity index (χ3n) is 2.39. The molecule has 1 aromatic rings. The Labute approximate surface area is 104 Å². The molecule has 0 fully saturated rings. The number of rotatable bonds is 1. The lowest BCUT2D eigenvalue weighted by Crippen LogP contribution is -2.40. The van der Waals surface area contributed by atoms with E-state index < -0.39 is 24.3 Å². The minimum atomic E-state index is -1.29. The molecule has 0 spiro atoms. The summed E-state index contributed by atoms with van der Waals surface area (Å²) in [6.45, 7) is 0. The van der Waals surface area contributed by atoms with Crippen molar-refractivity contribution in [3.8, 4) is 0 Å². The monoisotopic (exact) mass is 253 g/mol. The molecule has 4 N–H and O–H groups in total. The van der Waals surface area contributed by atoms with Gasteiger partial charge in [0.2, 0.25) is 0 Å². The zero-order valence-corrected chi connectivity index (χ0v) is 9.55. The quantitative estimate of drug-likeness (QED) is 0.540. The van der Waals surface area contributed by atoms with Gasteiger partial charge in [-0.05, 0) is 18.2 Å². The van der Waals surface area contributed by atoms with E-state index in [1.165, 1.54) is 0 Å². The normalized spacial score (nSPS) is 26.6. The first-order valence-electron chi connectivity index (χ1n) is 5.35. The third-order valence-corrected chi connectivity index (χ3v) is 2.39. The van der Waals surface area contributed by atoms with Crippen LogP contribution in [-0.2, 0) is 4.79 Å². The molecule has 1 aliphatic carbocycles. The Bertz CT molecular complexity index is 379. The number of carboxylic acid groups (broad SMARTS) is 1. The highest BCUT2D eigenvalue weighted by atomic mass is 16.4. The molecule has 0 bridgehead atoms. The maximum absolute atomic E-state index is 10.4. The number of hydrogen-bond donors (Lipinski definition) is 4. The molecule has 1 aromatic heterocycles. The Hall–Kier alpha value is -1.76.